The van der Waals surface area contributed by atoms with E-state index in [1.807, 2.05) is 0 Å². The topological polar surface area (TPSA) is 41.1 Å². The minimum Gasteiger partial charge on any atom is -0.352 e. The molecule has 1 aliphatic heterocycles. The normalized spacial score (nSPS) is 14.9. The van der Waals surface area contributed by atoms with Crippen LogP contribution >= 0.6 is 0 Å². The van der Waals surface area contributed by atoms with E-state index in [0.29, 0.717) is 13.0 Å². The average molecular weight is 258 g/mol. The van der Waals surface area contributed by atoms with Gasteiger partial charge in [0.2, 0.25) is 5.91 Å². The van der Waals surface area contributed by atoms with Gasteiger partial charge in [-0.2, -0.15) is 0 Å². The zero-order valence-electron chi connectivity index (χ0n) is 11.8. The predicted molar refractivity (Wildman–Crippen MR) is 78.2 cm³/mol. The van der Waals surface area contributed by atoms with E-state index in [1.165, 1.54) is 16.7 Å². The van der Waals surface area contributed by atoms with Crippen LogP contribution in [0, 0.1) is 13.8 Å². The van der Waals surface area contributed by atoms with Crippen molar-refractivity contribution in [3.63, 3.8) is 0 Å². The molecule has 102 valence electrons. The molecule has 2 N–H and O–H groups in total. The lowest BCUT2D eigenvalue weighted by molar-refractivity contribution is -0.120. The second-order valence-electron chi connectivity index (χ2n) is 5.20. The molecule has 0 bridgehead atoms. The fourth-order valence-electron chi connectivity index (χ4n) is 2.27. The van der Waals surface area contributed by atoms with E-state index in [2.05, 4.69) is 48.8 Å². The second-order valence-corrected chi connectivity index (χ2v) is 5.20. The molecular formula is C16H22N2O. The summed E-state index contributed by atoms with van der Waals surface area (Å²) >= 11 is 0. The molecule has 0 saturated carbocycles. The first-order valence-corrected chi connectivity index (χ1v) is 6.86. The average Bonchev–Trinajstić information content (AvgIpc) is 2.42. The fraction of sp³-hybridized carbons (Fsp3) is 0.438. The highest BCUT2D eigenvalue weighted by molar-refractivity contribution is 5.79. The van der Waals surface area contributed by atoms with E-state index < -0.39 is 0 Å². The molecule has 0 atom stereocenters. The monoisotopic (exact) mass is 258 g/mol. The van der Waals surface area contributed by atoms with Gasteiger partial charge in [0.25, 0.3) is 0 Å². The lowest BCUT2D eigenvalue weighted by Crippen LogP contribution is -2.30. The Morgan fingerprint density at radius 2 is 2.21 bits per heavy atom. The first kappa shape index (κ1) is 13.8. The summed E-state index contributed by atoms with van der Waals surface area (Å²) in [5.74, 6) is 0.105. The molecule has 3 heteroatoms. The quantitative estimate of drug-likeness (QED) is 0.810. The van der Waals surface area contributed by atoms with Crippen LogP contribution in [0.5, 0.6) is 0 Å². The van der Waals surface area contributed by atoms with Crippen molar-refractivity contribution in [2.45, 2.75) is 26.7 Å². The third kappa shape index (κ3) is 4.21. The molecule has 0 aromatic heterocycles. The third-order valence-corrected chi connectivity index (χ3v) is 3.53. The number of nitrogens with one attached hydrogen (secondary N) is 2. The summed E-state index contributed by atoms with van der Waals surface area (Å²) in [6.07, 6.45) is 3.67. The largest absolute Gasteiger partial charge is 0.352 e. The smallest absolute Gasteiger partial charge is 0.224 e. The summed E-state index contributed by atoms with van der Waals surface area (Å²) < 4.78 is 0. The molecule has 3 nitrogen and oxygen atoms in total. The third-order valence-electron chi connectivity index (χ3n) is 3.53. The number of benzene rings is 1. The molecule has 1 amide bonds. The van der Waals surface area contributed by atoms with Gasteiger partial charge in [0.1, 0.15) is 0 Å². The maximum Gasteiger partial charge on any atom is 0.224 e. The lowest BCUT2D eigenvalue weighted by atomic mass is 10.0. The van der Waals surface area contributed by atoms with E-state index in [1.54, 1.807) is 0 Å². The van der Waals surface area contributed by atoms with E-state index in [4.69, 9.17) is 0 Å². The van der Waals surface area contributed by atoms with Crippen molar-refractivity contribution in [1.29, 1.82) is 0 Å². The molecule has 1 aliphatic rings. The maximum atomic E-state index is 12.0. The minimum atomic E-state index is 0.105. The van der Waals surface area contributed by atoms with Crippen LogP contribution in [0.1, 0.15) is 23.1 Å². The van der Waals surface area contributed by atoms with Crippen LogP contribution < -0.4 is 10.6 Å². The number of carbonyl (C=O) groups excluding carboxylic acids is 1. The van der Waals surface area contributed by atoms with Crippen molar-refractivity contribution in [3.8, 4) is 0 Å². The summed E-state index contributed by atoms with van der Waals surface area (Å²) in [7, 11) is 0. The SMILES string of the molecule is Cc1ccc(C)c(CC(=O)NCC2=CCNCC2)c1. The van der Waals surface area contributed by atoms with Crippen LogP contribution in [-0.2, 0) is 11.2 Å². The van der Waals surface area contributed by atoms with Crippen molar-refractivity contribution >= 4 is 5.91 Å². The summed E-state index contributed by atoms with van der Waals surface area (Å²) in [6, 6.07) is 6.25. The van der Waals surface area contributed by atoms with Crippen molar-refractivity contribution < 1.29 is 4.79 Å². The van der Waals surface area contributed by atoms with Gasteiger partial charge in [-0.25, -0.2) is 0 Å². The van der Waals surface area contributed by atoms with Crippen LogP contribution in [-0.4, -0.2) is 25.5 Å². The Morgan fingerprint density at radius 3 is 2.95 bits per heavy atom. The molecule has 2 rings (SSSR count). The summed E-state index contributed by atoms with van der Waals surface area (Å²) in [6.45, 7) is 6.73. The Balaban J connectivity index is 1.87. The molecule has 1 aromatic rings. The highest BCUT2D eigenvalue weighted by Crippen LogP contribution is 2.11. The van der Waals surface area contributed by atoms with Gasteiger partial charge >= 0.3 is 0 Å². The summed E-state index contributed by atoms with van der Waals surface area (Å²) in [5, 5.41) is 6.28. The lowest BCUT2D eigenvalue weighted by Gasteiger charge is -2.15. The number of amides is 1. The number of hydrogen-bond acceptors (Lipinski definition) is 2. The number of rotatable bonds is 4. The Labute approximate surface area is 115 Å². The van der Waals surface area contributed by atoms with E-state index >= 15 is 0 Å². The molecule has 0 radical (unpaired) electrons. The van der Waals surface area contributed by atoms with Crippen LogP contribution in [0.2, 0.25) is 0 Å². The second kappa shape index (κ2) is 6.53. The summed E-state index contributed by atoms with van der Waals surface area (Å²) in [4.78, 5) is 12.0. The molecule has 0 unspecified atom stereocenters. The van der Waals surface area contributed by atoms with Gasteiger partial charge in [0.15, 0.2) is 0 Å². The summed E-state index contributed by atoms with van der Waals surface area (Å²) in [5.41, 5.74) is 4.83. The molecule has 1 aromatic carbocycles. The zero-order chi connectivity index (χ0) is 13.7. The van der Waals surface area contributed by atoms with Crippen molar-refractivity contribution in [2.75, 3.05) is 19.6 Å². The van der Waals surface area contributed by atoms with Crippen LogP contribution in [0.3, 0.4) is 0 Å². The first-order valence-electron chi connectivity index (χ1n) is 6.86. The standard InChI is InChI=1S/C16H22N2O/c1-12-3-4-13(2)15(9-12)10-16(19)18-11-14-5-7-17-8-6-14/h3-5,9,17H,6-8,10-11H2,1-2H3,(H,18,19). The first-order chi connectivity index (χ1) is 9.15. The highest BCUT2D eigenvalue weighted by atomic mass is 16.1. The molecule has 0 aliphatic carbocycles. The van der Waals surface area contributed by atoms with Gasteiger partial charge < -0.3 is 10.6 Å². The predicted octanol–water partition coefficient (Wildman–Crippen LogP) is 1.88. The molecular weight excluding hydrogens is 236 g/mol. The molecule has 19 heavy (non-hydrogen) atoms. The van der Waals surface area contributed by atoms with Gasteiger partial charge in [-0.1, -0.05) is 35.4 Å². The molecule has 0 spiro atoms. The number of carbonyl (C=O) groups is 1. The van der Waals surface area contributed by atoms with Crippen LogP contribution in [0.25, 0.3) is 0 Å². The fourth-order valence-corrected chi connectivity index (χ4v) is 2.27. The Bertz CT molecular complexity index is 492. The Morgan fingerprint density at radius 1 is 1.37 bits per heavy atom. The van der Waals surface area contributed by atoms with Crippen LogP contribution in [0.4, 0.5) is 0 Å². The van der Waals surface area contributed by atoms with Crippen molar-refractivity contribution in [3.05, 3.63) is 46.5 Å². The number of hydrogen-bond donors (Lipinski definition) is 2. The van der Waals surface area contributed by atoms with Gasteiger partial charge in [-0.3, -0.25) is 4.79 Å². The van der Waals surface area contributed by atoms with Crippen molar-refractivity contribution in [2.24, 2.45) is 0 Å². The molecule has 0 saturated heterocycles. The van der Waals surface area contributed by atoms with Gasteiger partial charge in [-0.05, 0) is 37.9 Å². The zero-order valence-corrected chi connectivity index (χ0v) is 11.8. The van der Waals surface area contributed by atoms with E-state index in [-0.39, 0.29) is 5.91 Å². The maximum absolute atomic E-state index is 12.0. The minimum absolute atomic E-state index is 0.105. The van der Waals surface area contributed by atoms with E-state index in [9.17, 15) is 4.79 Å². The van der Waals surface area contributed by atoms with Crippen molar-refractivity contribution in [1.82, 2.24) is 10.6 Å². The molecule has 0 fully saturated rings. The van der Waals surface area contributed by atoms with Crippen LogP contribution in [0.15, 0.2) is 29.8 Å². The van der Waals surface area contributed by atoms with Gasteiger partial charge in [0.05, 0.1) is 6.42 Å². The Hall–Kier alpha value is -1.61. The highest BCUT2D eigenvalue weighted by Gasteiger charge is 2.08. The van der Waals surface area contributed by atoms with Gasteiger partial charge in [-0.15, -0.1) is 0 Å². The Kier molecular flexibility index (Phi) is 4.74. The van der Waals surface area contributed by atoms with E-state index in [0.717, 1.165) is 25.1 Å². The number of aryl methyl sites for hydroxylation is 2. The molecule has 1 heterocycles. The van der Waals surface area contributed by atoms with Gasteiger partial charge in [0, 0.05) is 13.1 Å².